The van der Waals surface area contributed by atoms with E-state index in [1.165, 1.54) is 6.07 Å². The predicted octanol–water partition coefficient (Wildman–Crippen LogP) is 5.17. The fourth-order valence-corrected chi connectivity index (χ4v) is 5.27. The molecule has 3 aromatic heterocycles. The molecule has 3 heterocycles. The van der Waals surface area contributed by atoms with E-state index in [1.807, 2.05) is 37.3 Å². The Labute approximate surface area is 206 Å². The second-order valence-electron chi connectivity index (χ2n) is 8.95. The average Bonchev–Trinajstić information content (AvgIpc) is 3.61. The van der Waals surface area contributed by atoms with E-state index < -0.39 is 10.5 Å². The summed E-state index contributed by atoms with van der Waals surface area (Å²) in [5.41, 5.74) is 5.15. The van der Waals surface area contributed by atoms with E-state index in [0.29, 0.717) is 22.8 Å². The summed E-state index contributed by atoms with van der Waals surface area (Å²) in [6.45, 7) is 1.97. The number of rotatable bonds is 5. The number of aryl methyl sites for hydroxylation is 1. The van der Waals surface area contributed by atoms with Gasteiger partial charge in [-0.15, -0.1) is 6.42 Å². The molecule has 0 saturated heterocycles. The lowest BCUT2D eigenvalue weighted by Gasteiger charge is -2.16. The number of hydrogen-bond acceptors (Lipinski definition) is 5. The van der Waals surface area contributed by atoms with E-state index in [0.717, 1.165) is 57.8 Å². The van der Waals surface area contributed by atoms with Gasteiger partial charge < -0.3 is 13.7 Å². The van der Waals surface area contributed by atoms with Gasteiger partial charge in [-0.25, -0.2) is 0 Å². The number of H-pyrrole nitrogens is 1. The van der Waals surface area contributed by atoms with E-state index in [1.54, 1.807) is 6.20 Å². The number of nitrogens with zero attached hydrogens (tertiary/aromatic N) is 2. The summed E-state index contributed by atoms with van der Waals surface area (Å²) in [5, 5.41) is 2.06. The van der Waals surface area contributed by atoms with Crippen LogP contribution in [0.2, 0.25) is 0 Å². The second-order valence-corrected chi connectivity index (χ2v) is 9.90. The summed E-state index contributed by atoms with van der Waals surface area (Å²) in [6.07, 6.45) is 10.9. The fraction of sp³-hybridized carbons (Fsp3) is 0.185. The van der Waals surface area contributed by atoms with Gasteiger partial charge in [0.15, 0.2) is 11.2 Å². The molecule has 0 unspecified atom stereocenters. The Morgan fingerprint density at radius 2 is 2.00 bits per heavy atom. The molecule has 0 amide bonds. The monoisotopic (exact) mass is 501 g/mol. The molecular weight excluding hydrogens is 481 g/mol. The number of fused-ring (bicyclic) bond motifs is 4. The number of pyridine rings is 2. The molecular formula is C27H20FN3O4S. The second kappa shape index (κ2) is 7.93. The first-order valence-corrected chi connectivity index (χ1v) is 12.8. The van der Waals surface area contributed by atoms with E-state index in [2.05, 4.69) is 24.6 Å². The van der Waals surface area contributed by atoms with Crippen LogP contribution < -0.4 is 9.61 Å². The standard InChI is InChI=1S/C27H20FN3O4S/c1-3-15-5-8-20-23(9-15)30-27-25(20)26(32)22-11-16(4-2)21(12-24(22)31(27)18-6-7-18)17-10-19(14-29-13-17)35-36(28,33)34/h1,5,8-14,18,30H,4,6-7H2,2H3. The Balaban J connectivity index is 1.68. The number of hydrogen-bond donors (Lipinski definition) is 1. The van der Waals surface area contributed by atoms with Crippen LogP contribution in [0, 0.1) is 12.3 Å². The molecule has 9 heteroatoms. The first kappa shape index (κ1) is 22.3. The maximum Gasteiger partial charge on any atom is 0.488 e. The van der Waals surface area contributed by atoms with Crippen LogP contribution in [0.3, 0.4) is 0 Å². The lowest BCUT2D eigenvalue weighted by molar-refractivity contribution is 0.439. The van der Waals surface area contributed by atoms with Gasteiger partial charge in [0, 0.05) is 39.7 Å². The van der Waals surface area contributed by atoms with Crippen molar-refractivity contribution < 1.29 is 16.5 Å². The van der Waals surface area contributed by atoms with Crippen LogP contribution in [0.5, 0.6) is 5.75 Å². The molecule has 6 rings (SSSR count). The van der Waals surface area contributed by atoms with Gasteiger partial charge in [-0.2, -0.15) is 8.42 Å². The summed E-state index contributed by atoms with van der Waals surface area (Å²) in [7, 11) is -5.19. The van der Waals surface area contributed by atoms with E-state index in [4.69, 9.17) is 6.42 Å². The minimum absolute atomic E-state index is 0.0726. The fourth-order valence-electron chi connectivity index (χ4n) is 4.95. The van der Waals surface area contributed by atoms with E-state index in [-0.39, 0.29) is 17.2 Å². The van der Waals surface area contributed by atoms with Crippen LogP contribution in [0.1, 0.15) is 36.9 Å². The van der Waals surface area contributed by atoms with Crippen molar-refractivity contribution in [3.63, 3.8) is 0 Å². The molecule has 2 aromatic carbocycles. The number of halogens is 1. The molecule has 0 bridgehead atoms. The highest BCUT2D eigenvalue weighted by Gasteiger charge is 2.29. The summed E-state index contributed by atoms with van der Waals surface area (Å²) in [6, 6.07) is 11.1. The SMILES string of the molecule is C#Cc1ccc2c(c1)[nH]c1c2c(=O)c2cc(CC)c(-c3cncc(OS(=O)(=O)F)c3)cc2n1C1CC1. The first-order valence-electron chi connectivity index (χ1n) is 11.5. The highest BCUT2D eigenvalue weighted by Crippen LogP contribution is 2.42. The zero-order valence-corrected chi connectivity index (χ0v) is 20.0. The Bertz CT molecular complexity index is 1930. The Morgan fingerprint density at radius 1 is 1.19 bits per heavy atom. The van der Waals surface area contributed by atoms with E-state index >= 15 is 0 Å². The summed E-state index contributed by atoms with van der Waals surface area (Å²) < 4.78 is 41.6. The number of aromatic nitrogens is 3. The Morgan fingerprint density at radius 3 is 2.69 bits per heavy atom. The molecule has 36 heavy (non-hydrogen) atoms. The summed E-state index contributed by atoms with van der Waals surface area (Å²) >= 11 is 0. The van der Waals surface area contributed by atoms with Crippen molar-refractivity contribution in [2.75, 3.05) is 0 Å². The zero-order chi connectivity index (χ0) is 25.2. The lowest BCUT2D eigenvalue weighted by atomic mass is 9.95. The minimum atomic E-state index is -5.19. The number of nitrogens with one attached hydrogen (secondary N) is 1. The van der Waals surface area contributed by atoms with Crippen molar-refractivity contribution in [1.82, 2.24) is 14.5 Å². The summed E-state index contributed by atoms with van der Waals surface area (Å²) in [5.74, 6) is 2.41. The Hall–Kier alpha value is -4.16. The average molecular weight is 502 g/mol. The number of terminal acetylenes is 1. The molecule has 1 fully saturated rings. The van der Waals surface area contributed by atoms with Gasteiger partial charge in [0.1, 0.15) is 5.65 Å². The Kier molecular flexibility index (Phi) is 4.92. The van der Waals surface area contributed by atoms with Gasteiger partial charge in [-0.05, 0) is 60.7 Å². The third-order valence-electron chi connectivity index (χ3n) is 6.65. The normalized spacial score (nSPS) is 13.9. The first-order chi connectivity index (χ1) is 17.3. The molecule has 180 valence electrons. The molecule has 5 aromatic rings. The number of aromatic amines is 1. The third-order valence-corrected chi connectivity index (χ3v) is 7.04. The van der Waals surface area contributed by atoms with Gasteiger partial charge in [0.05, 0.1) is 17.1 Å². The smallest absolute Gasteiger partial charge is 0.357 e. The van der Waals surface area contributed by atoms with Gasteiger partial charge in [-0.3, -0.25) is 9.78 Å². The van der Waals surface area contributed by atoms with Crippen molar-refractivity contribution in [3.8, 4) is 29.2 Å². The van der Waals surface area contributed by atoms with E-state index in [9.17, 15) is 17.1 Å². The molecule has 0 aliphatic heterocycles. The number of benzene rings is 2. The predicted molar refractivity (Wildman–Crippen MR) is 137 cm³/mol. The third kappa shape index (κ3) is 3.62. The van der Waals surface area contributed by atoms with Crippen molar-refractivity contribution >= 4 is 43.3 Å². The lowest BCUT2D eigenvalue weighted by Crippen LogP contribution is -2.11. The quantitative estimate of drug-likeness (QED) is 0.265. The van der Waals surface area contributed by atoms with Gasteiger partial charge in [0.25, 0.3) is 0 Å². The van der Waals surface area contributed by atoms with Crippen LogP contribution in [0.15, 0.2) is 53.6 Å². The largest absolute Gasteiger partial charge is 0.488 e. The highest BCUT2D eigenvalue weighted by atomic mass is 32.3. The van der Waals surface area contributed by atoms with Crippen LogP contribution in [0.4, 0.5) is 3.89 Å². The van der Waals surface area contributed by atoms with Crippen LogP contribution in [-0.2, 0) is 16.9 Å². The van der Waals surface area contributed by atoms with Crippen molar-refractivity contribution in [3.05, 3.63) is 70.1 Å². The van der Waals surface area contributed by atoms with Crippen molar-refractivity contribution in [1.29, 1.82) is 0 Å². The molecule has 1 aliphatic carbocycles. The molecule has 7 nitrogen and oxygen atoms in total. The van der Waals surface area contributed by atoms with Gasteiger partial charge in [-0.1, -0.05) is 22.8 Å². The van der Waals surface area contributed by atoms with Gasteiger partial charge >= 0.3 is 10.5 Å². The summed E-state index contributed by atoms with van der Waals surface area (Å²) in [4.78, 5) is 21.3. The molecule has 1 saturated carbocycles. The maximum absolute atomic E-state index is 13.8. The topological polar surface area (TPSA) is 94.1 Å². The van der Waals surface area contributed by atoms with Crippen molar-refractivity contribution in [2.24, 2.45) is 0 Å². The molecule has 0 atom stereocenters. The maximum atomic E-state index is 13.8. The van der Waals surface area contributed by atoms with Crippen molar-refractivity contribution in [2.45, 2.75) is 32.2 Å². The van der Waals surface area contributed by atoms with Gasteiger partial charge in [0.2, 0.25) is 0 Å². The van der Waals surface area contributed by atoms with Crippen LogP contribution in [0.25, 0.3) is 44.0 Å². The van der Waals surface area contributed by atoms with Crippen LogP contribution in [-0.4, -0.2) is 23.0 Å². The molecule has 0 spiro atoms. The molecule has 0 radical (unpaired) electrons. The highest BCUT2D eigenvalue weighted by molar-refractivity contribution is 7.81. The molecule has 1 N–H and O–H groups in total. The van der Waals surface area contributed by atoms with Crippen LogP contribution >= 0.6 is 0 Å². The minimum Gasteiger partial charge on any atom is -0.357 e. The zero-order valence-electron chi connectivity index (χ0n) is 19.2. The molecule has 1 aliphatic rings.